The number of rotatable bonds is 3. The van der Waals surface area contributed by atoms with E-state index in [4.69, 9.17) is 0 Å². The molecule has 0 aromatic heterocycles. The molecule has 0 unspecified atom stereocenters. The minimum atomic E-state index is -0.284. The van der Waals surface area contributed by atoms with Gasteiger partial charge in [-0.2, -0.15) is 0 Å². The smallest absolute Gasteiger partial charge is 0.227 e. The van der Waals surface area contributed by atoms with Crippen molar-refractivity contribution in [2.45, 2.75) is 119 Å². The Kier molecular flexibility index (Phi) is 6.73. The van der Waals surface area contributed by atoms with Gasteiger partial charge in [-0.3, -0.25) is 4.79 Å². The molecule has 0 bridgehead atoms. The quantitative estimate of drug-likeness (QED) is 0.375. The zero-order chi connectivity index (χ0) is 28.7. The van der Waals surface area contributed by atoms with Crippen LogP contribution in [0.4, 0.5) is 0 Å². The Bertz CT molecular complexity index is 1170. The van der Waals surface area contributed by atoms with Gasteiger partial charge in [-0.05, 0) is 115 Å². The number of nitrogens with one attached hydrogen (secondary N) is 1. The fourth-order valence-electron chi connectivity index (χ4n) is 11.8. The second kappa shape index (κ2) is 9.45. The fraction of sp³-hybridized carbons (Fsp3) is 0.757. The topological polar surface area (TPSA) is 49.3 Å². The normalized spacial score (nSPS) is 47.5. The first-order valence-electron chi connectivity index (χ1n) is 16.5. The van der Waals surface area contributed by atoms with Gasteiger partial charge in [0.05, 0.1) is 11.5 Å². The van der Waals surface area contributed by atoms with E-state index in [-0.39, 0.29) is 33.2 Å². The largest absolute Gasteiger partial charge is 0.393 e. The molecule has 0 heterocycles. The van der Waals surface area contributed by atoms with Gasteiger partial charge in [0.2, 0.25) is 5.91 Å². The van der Waals surface area contributed by atoms with Gasteiger partial charge in [0.1, 0.15) is 0 Å². The Morgan fingerprint density at radius 2 is 1.62 bits per heavy atom. The van der Waals surface area contributed by atoms with E-state index < -0.39 is 0 Å². The molecule has 0 radical (unpaired) electrons. The van der Waals surface area contributed by atoms with Crippen LogP contribution in [0, 0.1) is 56.7 Å². The molecular formula is C37H55NO2. The molecule has 40 heavy (non-hydrogen) atoms. The summed E-state index contributed by atoms with van der Waals surface area (Å²) in [5.74, 6) is 2.99. The first-order chi connectivity index (χ1) is 18.8. The van der Waals surface area contributed by atoms with Crippen LogP contribution in [0.1, 0.15) is 112 Å². The van der Waals surface area contributed by atoms with Gasteiger partial charge >= 0.3 is 0 Å². The van der Waals surface area contributed by atoms with Crippen molar-refractivity contribution in [3.8, 4) is 0 Å². The van der Waals surface area contributed by atoms with E-state index in [2.05, 4.69) is 84.1 Å². The minimum Gasteiger partial charge on any atom is -0.393 e. The van der Waals surface area contributed by atoms with Gasteiger partial charge in [-0.1, -0.05) is 90.4 Å². The van der Waals surface area contributed by atoms with Crippen LogP contribution in [0.2, 0.25) is 0 Å². The summed E-state index contributed by atoms with van der Waals surface area (Å²) in [7, 11) is 0. The van der Waals surface area contributed by atoms with Gasteiger partial charge < -0.3 is 10.4 Å². The molecule has 220 valence electrons. The number of hydrogen-bond acceptors (Lipinski definition) is 2. The van der Waals surface area contributed by atoms with Gasteiger partial charge in [-0.15, -0.1) is 0 Å². The maximum atomic E-state index is 14.3. The molecule has 2 N–H and O–H groups in total. The van der Waals surface area contributed by atoms with Crippen molar-refractivity contribution in [2.75, 3.05) is 0 Å². The van der Waals surface area contributed by atoms with Crippen LogP contribution in [0.3, 0.4) is 0 Å². The lowest BCUT2D eigenvalue weighted by molar-refractivity contribution is -0.204. The van der Waals surface area contributed by atoms with Crippen molar-refractivity contribution in [3.63, 3.8) is 0 Å². The summed E-state index contributed by atoms with van der Waals surface area (Å²) in [4.78, 5) is 14.3. The van der Waals surface area contributed by atoms with Crippen LogP contribution >= 0.6 is 0 Å². The van der Waals surface area contributed by atoms with E-state index in [0.29, 0.717) is 42.0 Å². The van der Waals surface area contributed by atoms with Crippen molar-refractivity contribution in [1.29, 1.82) is 0 Å². The Labute approximate surface area is 244 Å². The maximum absolute atomic E-state index is 14.3. The fourth-order valence-corrected chi connectivity index (χ4v) is 11.8. The molecule has 6 rings (SSSR count). The number of aliphatic hydroxyl groups is 1. The molecule has 0 spiro atoms. The Morgan fingerprint density at radius 1 is 0.900 bits per heavy atom. The van der Waals surface area contributed by atoms with E-state index in [1.165, 1.54) is 18.4 Å². The summed E-state index contributed by atoms with van der Waals surface area (Å²) in [5, 5.41) is 14.5. The SMILES string of the molecule is C[C@H]1[C@H](C)CC[C@]2(C(=O)NCc3ccccc3)CC[C@]3(C)C(=CC[C@@H]4[C@@]5(C)CC[C@H](O)C(C)(C)[C@@H]5CC[C@]43C)[C@H]12. The highest BCUT2D eigenvalue weighted by Gasteiger charge is 2.69. The number of allylic oxidation sites excluding steroid dienone is 2. The van der Waals surface area contributed by atoms with E-state index in [9.17, 15) is 9.90 Å². The molecule has 5 aliphatic carbocycles. The highest BCUT2D eigenvalue weighted by Crippen LogP contribution is 2.75. The zero-order valence-corrected chi connectivity index (χ0v) is 26.4. The lowest BCUT2D eigenvalue weighted by Crippen LogP contribution is -2.66. The van der Waals surface area contributed by atoms with Crippen LogP contribution in [0.25, 0.3) is 0 Å². The molecule has 5 aliphatic rings. The van der Waals surface area contributed by atoms with Crippen LogP contribution in [0.15, 0.2) is 42.0 Å². The van der Waals surface area contributed by atoms with Crippen LogP contribution in [0.5, 0.6) is 0 Å². The van der Waals surface area contributed by atoms with E-state index in [1.807, 2.05) is 6.07 Å². The molecule has 10 atom stereocenters. The summed E-state index contributed by atoms with van der Waals surface area (Å²) < 4.78 is 0. The zero-order valence-electron chi connectivity index (χ0n) is 26.4. The lowest BCUT2D eigenvalue weighted by Gasteiger charge is -2.71. The van der Waals surface area contributed by atoms with E-state index in [1.54, 1.807) is 5.57 Å². The van der Waals surface area contributed by atoms with Crippen molar-refractivity contribution in [2.24, 2.45) is 56.7 Å². The Morgan fingerprint density at radius 3 is 2.35 bits per heavy atom. The molecule has 3 nitrogen and oxygen atoms in total. The molecule has 4 fully saturated rings. The average Bonchev–Trinajstić information content (AvgIpc) is 2.92. The van der Waals surface area contributed by atoms with Crippen molar-refractivity contribution in [3.05, 3.63) is 47.5 Å². The second-order valence-corrected chi connectivity index (χ2v) is 16.3. The molecule has 1 aromatic carbocycles. The summed E-state index contributed by atoms with van der Waals surface area (Å²) in [6.45, 7) is 18.0. The van der Waals surface area contributed by atoms with Crippen LogP contribution in [-0.2, 0) is 11.3 Å². The number of carbonyl (C=O) groups excluding carboxylic acids is 1. The Balaban J connectivity index is 1.37. The average molecular weight is 546 g/mol. The van der Waals surface area contributed by atoms with Crippen molar-refractivity contribution >= 4 is 5.91 Å². The number of carbonyl (C=O) groups is 1. The number of amides is 1. The molecule has 4 saturated carbocycles. The predicted octanol–water partition coefficient (Wildman–Crippen LogP) is 8.32. The van der Waals surface area contributed by atoms with Crippen molar-refractivity contribution in [1.82, 2.24) is 5.32 Å². The van der Waals surface area contributed by atoms with Crippen molar-refractivity contribution < 1.29 is 9.90 Å². The molecule has 1 aromatic rings. The number of hydrogen-bond donors (Lipinski definition) is 2. The van der Waals surface area contributed by atoms with Crippen LogP contribution in [-0.4, -0.2) is 17.1 Å². The molecular weight excluding hydrogens is 490 g/mol. The third-order valence-corrected chi connectivity index (χ3v) is 14.7. The first kappa shape index (κ1) is 28.5. The summed E-state index contributed by atoms with van der Waals surface area (Å²) in [5.41, 5.74) is 3.13. The molecule has 0 saturated heterocycles. The highest BCUT2D eigenvalue weighted by molar-refractivity contribution is 5.84. The standard InChI is InChI=1S/C37H55NO2/c1-24-15-20-37(32(40)38-23-26-11-9-8-10-12-26)22-21-35(6)27(31(37)25(24)2)13-14-29-34(5)18-17-30(39)33(3,4)28(34)16-19-36(29,35)7/h8-13,24-25,28-31,39H,14-23H2,1-7H3,(H,38,40)/t24-,25+,28+,29-,30+,31+,34+,35-,36-,37+/m1/s1. The van der Waals surface area contributed by atoms with Gasteiger partial charge in [-0.25, -0.2) is 0 Å². The lowest BCUT2D eigenvalue weighted by atomic mass is 9.33. The molecule has 3 heteroatoms. The van der Waals surface area contributed by atoms with E-state index >= 15 is 0 Å². The van der Waals surface area contributed by atoms with Gasteiger partial charge in [0.25, 0.3) is 0 Å². The third kappa shape index (κ3) is 3.74. The monoisotopic (exact) mass is 545 g/mol. The summed E-state index contributed by atoms with van der Waals surface area (Å²) >= 11 is 0. The van der Waals surface area contributed by atoms with E-state index in [0.717, 1.165) is 44.9 Å². The minimum absolute atomic E-state index is 0.0227. The maximum Gasteiger partial charge on any atom is 0.227 e. The van der Waals surface area contributed by atoms with Crippen LogP contribution < -0.4 is 5.32 Å². The molecule has 0 aliphatic heterocycles. The Hall–Kier alpha value is -1.61. The number of fused-ring (bicyclic) bond motifs is 7. The highest BCUT2D eigenvalue weighted by atomic mass is 16.3. The molecule has 1 amide bonds. The number of benzene rings is 1. The van der Waals surface area contributed by atoms with Gasteiger partial charge in [0.15, 0.2) is 0 Å². The predicted molar refractivity (Wildman–Crippen MR) is 163 cm³/mol. The third-order valence-electron chi connectivity index (χ3n) is 14.7. The van der Waals surface area contributed by atoms with Gasteiger partial charge in [0, 0.05) is 6.54 Å². The number of aliphatic hydroxyl groups excluding tert-OH is 1. The summed E-state index contributed by atoms with van der Waals surface area (Å²) in [6, 6.07) is 10.4. The first-order valence-corrected chi connectivity index (χ1v) is 16.5. The second-order valence-electron chi connectivity index (χ2n) is 16.3. The summed E-state index contributed by atoms with van der Waals surface area (Å²) in [6.07, 6.45) is 12.5.